The van der Waals surface area contributed by atoms with Crippen molar-refractivity contribution in [3.8, 4) is 0 Å². The monoisotopic (exact) mass is 266 g/mol. The summed E-state index contributed by atoms with van der Waals surface area (Å²) in [6.45, 7) is 2.02. The largest absolute Gasteiger partial charge is 0.324 e. The van der Waals surface area contributed by atoms with Gasteiger partial charge in [0.25, 0.3) is 0 Å². The number of carbonyl (C=O) groups excluding carboxylic acids is 2. The topological polar surface area (TPSA) is 49.4 Å². The van der Waals surface area contributed by atoms with Gasteiger partial charge < -0.3 is 4.90 Å². The van der Waals surface area contributed by atoms with E-state index in [9.17, 15) is 9.59 Å². The van der Waals surface area contributed by atoms with E-state index in [1.54, 1.807) is 23.7 Å². The molecular weight excluding hydrogens is 248 g/mol. The number of imide groups is 1. The Morgan fingerprint density at radius 1 is 1.50 bits per heavy atom. The number of amides is 3. The lowest BCUT2D eigenvalue weighted by atomic mass is 10.2. The smallest absolute Gasteiger partial charge is 0.324 e. The van der Waals surface area contributed by atoms with Gasteiger partial charge in [-0.2, -0.15) is 11.8 Å². The second-order valence-corrected chi connectivity index (χ2v) is 4.71. The van der Waals surface area contributed by atoms with E-state index in [-0.39, 0.29) is 30.3 Å². The Hall–Kier alpha value is -0.420. The Morgan fingerprint density at radius 2 is 2.12 bits per heavy atom. The van der Waals surface area contributed by atoms with Gasteiger partial charge in [-0.1, -0.05) is 6.92 Å². The van der Waals surface area contributed by atoms with Crippen molar-refractivity contribution in [3.05, 3.63) is 0 Å². The van der Waals surface area contributed by atoms with Gasteiger partial charge in [-0.3, -0.25) is 10.1 Å². The van der Waals surface area contributed by atoms with Crippen LogP contribution in [0.1, 0.15) is 19.8 Å². The summed E-state index contributed by atoms with van der Waals surface area (Å²) in [5, 5.41) is 2.31. The van der Waals surface area contributed by atoms with Gasteiger partial charge >= 0.3 is 6.03 Å². The first kappa shape index (κ1) is 15.6. The van der Waals surface area contributed by atoms with Gasteiger partial charge in [0.05, 0.1) is 0 Å². The van der Waals surface area contributed by atoms with Crippen molar-refractivity contribution < 1.29 is 9.59 Å². The highest BCUT2D eigenvalue weighted by Gasteiger charge is 2.19. The molecule has 94 valence electrons. The highest BCUT2D eigenvalue weighted by molar-refractivity contribution is 7.98. The van der Waals surface area contributed by atoms with Crippen LogP contribution in [0.5, 0.6) is 0 Å². The molecule has 4 nitrogen and oxygen atoms in total. The zero-order chi connectivity index (χ0) is 12.6. The molecule has 16 heavy (non-hydrogen) atoms. The Kier molecular flexibility index (Phi) is 8.47. The predicted molar refractivity (Wildman–Crippen MR) is 69.1 cm³/mol. The van der Waals surface area contributed by atoms with Crippen molar-refractivity contribution in [2.75, 3.05) is 24.9 Å². The predicted octanol–water partition coefficient (Wildman–Crippen LogP) is 1.92. The summed E-state index contributed by atoms with van der Waals surface area (Å²) in [5.41, 5.74) is 0. The lowest BCUT2D eigenvalue weighted by Crippen LogP contribution is -2.46. The molecule has 0 heterocycles. The van der Waals surface area contributed by atoms with Crippen LogP contribution in [-0.4, -0.2) is 47.8 Å². The molecule has 0 radical (unpaired) electrons. The van der Waals surface area contributed by atoms with Crippen LogP contribution >= 0.6 is 23.4 Å². The third-order valence-corrected chi connectivity index (χ3v) is 3.17. The second kappa shape index (κ2) is 8.70. The van der Waals surface area contributed by atoms with Gasteiger partial charge in [-0.15, -0.1) is 11.6 Å². The number of urea groups is 1. The summed E-state index contributed by atoms with van der Waals surface area (Å²) in [6.07, 6.45) is 3.03. The molecule has 0 aromatic carbocycles. The first-order valence-corrected chi connectivity index (χ1v) is 7.11. The van der Waals surface area contributed by atoms with Crippen LogP contribution in [0.4, 0.5) is 4.79 Å². The summed E-state index contributed by atoms with van der Waals surface area (Å²) in [5.74, 6) is 0.764. The van der Waals surface area contributed by atoms with Crippen LogP contribution in [0.2, 0.25) is 0 Å². The van der Waals surface area contributed by atoms with Gasteiger partial charge in [0.2, 0.25) is 5.91 Å². The lowest BCUT2D eigenvalue weighted by molar-refractivity contribution is -0.119. The second-order valence-electron chi connectivity index (χ2n) is 3.42. The van der Waals surface area contributed by atoms with E-state index in [1.807, 2.05) is 13.2 Å². The van der Waals surface area contributed by atoms with E-state index in [1.165, 1.54) is 0 Å². The number of nitrogens with one attached hydrogen (secondary N) is 1. The highest BCUT2D eigenvalue weighted by Crippen LogP contribution is 2.08. The molecule has 0 fully saturated rings. The van der Waals surface area contributed by atoms with Crippen molar-refractivity contribution in [2.24, 2.45) is 0 Å². The first-order valence-electron chi connectivity index (χ1n) is 5.18. The number of hydrogen-bond acceptors (Lipinski definition) is 3. The summed E-state index contributed by atoms with van der Waals surface area (Å²) in [6, 6.07) is -0.199. The van der Waals surface area contributed by atoms with Crippen LogP contribution in [0, 0.1) is 0 Å². The van der Waals surface area contributed by atoms with E-state index in [4.69, 9.17) is 11.6 Å². The Morgan fingerprint density at radius 3 is 2.56 bits per heavy atom. The number of alkyl halides is 1. The summed E-state index contributed by atoms with van der Waals surface area (Å²) < 4.78 is 0. The zero-order valence-electron chi connectivity index (χ0n) is 9.96. The molecule has 0 rings (SSSR count). The van der Waals surface area contributed by atoms with Crippen molar-refractivity contribution >= 4 is 35.3 Å². The molecule has 0 aromatic heterocycles. The fourth-order valence-electron chi connectivity index (χ4n) is 1.22. The fraction of sp³-hybridized carbons (Fsp3) is 0.800. The van der Waals surface area contributed by atoms with Gasteiger partial charge in [0, 0.05) is 31.1 Å². The number of carbonyl (C=O) groups is 2. The summed E-state index contributed by atoms with van der Waals surface area (Å²) in [7, 11) is 1.70. The van der Waals surface area contributed by atoms with Crippen LogP contribution in [-0.2, 0) is 4.79 Å². The van der Waals surface area contributed by atoms with Crippen LogP contribution in [0.15, 0.2) is 0 Å². The minimum atomic E-state index is -0.351. The molecule has 0 aliphatic rings. The summed E-state index contributed by atoms with van der Waals surface area (Å²) in [4.78, 5) is 24.4. The van der Waals surface area contributed by atoms with Gasteiger partial charge in [0.1, 0.15) is 0 Å². The molecule has 0 aromatic rings. The minimum absolute atomic E-state index is 0.152. The summed E-state index contributed by atoms with van der Waals surface area (Å²) >= 11 is 7.09. The van der Waals surface area contributed by atoms with Crippen LogP contribution < -0.4 is 5.32 Å². The number of rotatable bonds is 6. The SMILES string of the molecule is CCC(CSC)N(C)C(=O)NC(=O)CCCl. The molecule has 0 bridgehead atoms. The molecule has 1 unspecified atom stereocenters. The van der Waals surface area contributed by atoms with Crippen LogP contribution in [0.3, 0.4) is 0 Å². The van der Waals surface area contributed by atoms with Crippen molar-refractivity contribution in [1.82, 2.24) is 10.2 Å². The lowest BCUT2D eigenvalue weighted by Gasteiger charge is -2.26. The number of halogens is 1. The maximum atomic E-state index is 11.6. The molecule has 1 N–H and O–H groups in total. The molecule has 0 saturated carbocycles. The zero-order valence-corrected chi connectivity index (χ0v) is 11.5. The third-order valence-electron chi connectivity index (χ3n) is 2.27. The van der Waals surface area contributed by atoms with Crippen molar-refractivity contribution in [2.45, 2.75) is 25.8 Å². The van der Waals surface area contributed by atoms with E-state index >= 15 is 0 Å². The molecule has 1 atom stereocenters. The average Bonchev–Trinajstić information content (AvgIpc) is 2.25. The Balaban J connectivity index is 4.19. The van der Waals surface area contributed by atoms with E-state index in [0.717, 1.165) is 12.2 Å². The third kappa shape index (κ3) is 5.61. The number of thioether (sulfide) groups is 1. The quantitative estimate of drug-likeness (QED) is 0.748. The molecular formula is C10H19ClN2O2S. The maximum Gasteiger partial charge on any atom is 0.324 e. The minimum Gasteiger partial charge on any atom is -0.324 e. The van der Waals surface area contributed by atoms with Gasteiger partial charge in [-0.05, 0) is 12.7 Å². The average molecular weight is 267 g/mol. The maximum absolute atomic E-state index is 11.6. The van der Waals surface area contributed by atoms with E-state index < -0.39 is 0 Å². The Labute approximate surface area is 106 Å². The molecule has 0 spiro atoms. The molecule has 3 amide bonds. The molecule has 0 aliphatic heterocycles. The van der Waals surface area contributed by atoms with Crippen LogP contribution in [0.25, 0.3) is 0 Å². The fourth-order valence-corrected chi connectivity index (χ4v) is 2.23. The van der Waals surface area contributed by atoms with E-state index in [2.05, 4.69) is 5.32 Å². The van der Waals surface area contributed by atoms with Crippen molar-refractivity contribution in [1.29, 1.82) is 0 Å². The van der Waals surface area contributed by atoms with Crippen molar-refractivity contribution in [3.63, 3.8) is 0 Å². The molecule has 6 heteroatoms. The van der Waals surface area contributed by atoms with Gasteiger partial charge in [0.15, 0.2) is 0 Å². The molecule has 0 aliphatic carbocycles. The number of nitrogens with zero attached hydrogens (tertiary/aromatic N) is 1. The van der Waals surface area contributed by atoms with Gasteiger partial charge in [-0.25, -0.2) is 4.79 Å². The van der Waals surface area contributed by atoms with E-state index in [0.29, 0.717) is 0 Å². The number of hydrogen-bond donors (Lipinski definition) is 1. The highest BCUT2D eigenvalue weighted by atomic mass is 35.5. The normalized spacial score (nSPS) is 12.0. The first-order chi connectivity index (χ1) is 7.56. The standard InChI is InChI=1S/C10H19ClN2O2S/c1-4-8(7-16-3)13(2)10(15)12-9(14)5-6-11/h8H,4-7H2,1-3H3,(H,12,14,15). The Bertz CT molecular complexity index is 239. The molecule has 0 saturated heterocycles.